The van der Waals surface area contributed by atoms with E-state index in [9.17, 15) is 0 Å². The molecule has 1 N–H and O–H groups in total. The van der Waals surface area contributed by atoms with Gasteiger partial charge in [0.15, 0.2) is 0 Å². The van der Waals surface area contributed by atoms with Crippen molar-refractivity contribution in [2.45, 2.75) is 46.1 Å². The molecule has 1 fully saturated rings. The monoisotopic (exact) mass is 198 g/mol. The highest BCUT2D eigenvalue weighted by atomic mass is 15.1. The Labute approximate surface area is 89.1 Å². The van der Waals surface area contributed by atoms with E-state index in [1.54, 1.807) is 0 Å². The van der Waals surface area contributed by atoms with Gasteiger partial charge in [-0.3, -0.25) is 0 Å². The van der Waals surface area contributed by atoms with Crippen molar-refractivity contribution in [2.24, 2.45) is 5.92 Å². The Morgan fingerprint density at radius 1 is 1.36 bits per heavy atom. The van der Waals surface area contributed by atoms with E-state index < -0.39 is 0 Å². The van der Waals surface area contributed by atoms with Crippen LogP contribution < -0.4 is 5.32 Å². The van der Waals surface area contributed by atoms with Crippen LogP contribution in [0.2, 0.25) is 0 Å². The van der Waals surface area contributed by atoms with Gasteiger partial charge >= 0.3 is 0 Å². The molecule has 1 aliphatic rings. The minimum absolute atomic E-state index is 0.679. The molecule has 0 aromatic heterocycles. The fraction of sp³-hybridized carbons (Fsp3) is 1.00. The first-order chi connectivity index (χ1) is 6.72. The third kappa shape index (κ3) is 4.43. The molecule has 1 aliphatic heterocycles. The predicted molar refractivity (Wildman–Crippen MR) is 62.6 cm³/mol. The lowest BCUT2D eigenvalue weighted by Crippen LogP contribution is -2.39. The normalized spacial score (nSPS) is 22.5. The quantitative estimate of drug-likeness (QED) is 0.728. The average Bonchev–Trinajstić information content (AvgIpc) is 2.21. The third-order valence-corrected chi connectivity index (χ3v) is 3.41. The Morgan fingerprint density at radius 2 is 2.00 bits per heavy atom. The molecule has 2 heteroatoms. The van der Waals surface area contributed by atoms with E-state index in [0.717, 1.165) is 12.5 Å². The zero-order chi connectivity index (χ0) is 10.4. The lowest BCUT2D eigenvalue weighted by molar-refractivity contribution is 0.191. The Kier molecular flexibility index (Phi) is 5.49. The fourth-order valence-electron chi connectivity index (χ4n) is 1.90. The molecule has 0 saturated carbocycles. The van der Waals surface area contributed by atoms with Gasteiger partial charge in [0, 0.05) is 19.1 Å². The summed E-state index contributed by atoms with van der Waals surface area (Å²) in [5.41, 5.74) is 0. The van der Waals surface area contributed by atoms with Crippen LogP contribution in [0.3, 0.4) is 0 Å². The Morgan fingerprint density at radius 3 is 2.57 bits per heavy atom. The summed E-state index contributed by atoms with van der Waals surface area (Å²) >= 11 is 0. The van der Waals surface area contributed by atoms with Crippen molar-refractivity contribution in [1.29, 1.82) is 0 Å². The second kappa shape index (κ2) is 6.41. The van der Waals surface area contributed by atoms with Gasteiger partial charge in [-0.25, -0.2) is 0 Å². The predicted octanol–water partition coefficient (Wildman–Crippen LogP) is 2.11. The number of nitrogens with zero attached hydrogens (tertiary/aromatic N) is 1. The second-order valence-corrected chi connectivity index (χ2v) is 4.79. The minimum atomic E-state index is 0.679. The van der Waals surface area contributed by atoms with Gasteiger partial charge in [0.05, 0.1) is 0 Å². The number of likely N-dealkylation sites (tertiary alicyclic amines) is 1. The summed E-state index contributed by atoms with van der Waals surface area (Å²) in [6.45, 7) is 11.9. The summed E-state index contributed by atoms with van der Waals surface area (Å²) in [5, 5.41) is 3.55. The molecule has 1 rings (SSSR count). The van der Waals surface area contributed by atoms with E-state index in [4.69, 9.17) is 0 Å². The van der Waals surface area contributed by atoms with Gasteiger partial charge in [0.25, 0.3) is 0 Å². The number of nitrogens with one attached hydrogen (secondary N) is 1. The van der Waals surface area contributed by atoms with Crippen LogP contribution in [0.5, 0.6) is 0 Å². The summed E-state index contributed by atoms with van der Waals surface area (Å²) < 4.78 is 0. The lowest BCUT2D eigenvalue weighted by atomic mass is 9.99. The molecule has 1 atom stereocenters. The molecular formula is C12H26N2. The smallest absolute Gasteiger partial charge is 0.0107 e. The van der Waals surface area contributed by atoms with Crippen molar-refractivity contribution in [3.05, 3.63) is 0 Å². The zero-order valence-corrected chi connectivity index (χ0v) is 10.1. The van der Waals surface area contributed by atoms with E-state index >= 15 is 0 Å². The highest BCUT2D eigenvalue weighted by Crippen LogP contribution is 2.15. The van der Waals surface area contributed by atoms with Gasteiger partial charge in [0.1, 0.15) is 0 Å². The highest BCUT2D eigenvalue weighted by molar-refractivity contribution is 4.70. The van der Waals surface area contributed by atoms with Crippen LogP contribution in [-0.2, 0) is 0 Å². The van der Waals surface area contributed by atoms with Crippen molar-refractivity contribution in [1.82, 2.24) is 10.2 Å². The molecule has 84 valence electrons. The summed E-state index contributed by atoms with van der Waals surface area (Å²) in [5.74, 6) is 0.953. The van der Waals surface area contributed by atoms with Crippen LogP contribution >= 0.6 is 0 Å². The molecule has 0 aliphatic carbocycles. The van der Waals surface area contributed by atoms with Gasteiger partial charge < -0.3 is 10.2 Å². The maximum atomic E-state index is 3.55. The van der Waals surface area contributed by atoms with Crippen LogP contribution in [0.25, 0.3) is 0 Å². The molecule has 1 heterocycles. The molecule has 0 aromatic carbocycles. The average molecular weight is 198 g/mol. The molecule has 1 saturated heterocycles. The number of hydrogen-bond acceptors (Lipinski definition) is 2. The second-order valence-electron chi connectivity index (χ2n) is 4.79. The van der Waals surface area contributed by atoms with E-state index in [-0.39, 0.29) is 0 Å². The topological polar surface area (TPSA) is 15.3 Å². The summed E-state index contributed by atoms with van der Waals surface area (Å²) in [4.78, 5) is 2.59. The Balaban J connectivity index is 2.02. The summed E-state index contributed by atoms with van der Waals surface area (Å²) in [7, 11) is 0. The molecule has 2 nitrogen and oxygen atoms in total. The standard InChI is InChI=1S/C12H26N2/c1-4-12(3)13-7-10-14-8-5-11(2)6-9-14/h11-13H,4-10H2,1-3H3. The summed E-state index contributed by atoms with van der Waals surface area (Å²) in [6.07, 6.45) is 4.02. The lowest BCUT2D eigenvalue weighted by Gasteiger charge is -2.30. The number of rotatable bonds is 5. The molecule has 0 amide bonds. The molecule has 1 unspecified atom stereocenters. The zero-order valence-electron chi connectivity index (χ0n) is 10.1. The maximum Gasteiger partial charge on any atom is 0.0107 e. The molecule has 0 aromatic rings. The van der Waals surface area contributed by atoms with Crippen molar-refractivity contribution < 1.29 is 0 Å². The fourth-order valence-corrected chi connectivity index (χ4v) is 1.90. The molecule has 0 spiro atoms. The largest absolute Gasteiger partial charge is 0.313 e. The summed E-state index contributed by atoms with van der Waals surface area (Å²) in [6, 6.07) is 0.679. The van der Waals surface area contributed by atoms with E-state index in [1.807, 2.05) is 0 Å². The van der Waals surface area contributed by atoms with Gasteiger partial charge in [-0.15, -0.1) is 0 Å². The van der Waals surface area contributed by atoms with E-state index in [0.29, 0.717) is 6.04 Å². The van der Waals surface area contributed by atoms with Gasteiger partial charge in [-0.2, -0.15) is 0 Å². The first-order valence-corrected chi connectivity index (χ1v) is 6.18. The SMILES string of the molecule is CCC(C)NCCN1CCC(C)CC1. The van der Waals surface area contributed by atoms with Gasteiger partial charge in [-0.1, -0.05) is 13.8 Å². The van der Waals surface area contributed by atoms with Crippen molar-refractivity contribution >= 4 is 0 Å². The molecular weight excluding hydrogens is 172 g/mol. The minimum Gasteiger partial charge on any atom is -0.313 e. The number of hydrogen-bond donors (Lipinski definition) is 1. The van der Waals surface area contributed by atoms with Crippen LogP contribution in [0, 0.1) is 5.92 Å². The molecule has 14 heavy (non-hydrogen) atoms. The first kappa shape index (κ1) is 12.0. The van der Waals surface area contributed by atoms with Crippen LogP contribution in [0.15, 0.2) is 0 Å². The Bertz CT molecular complexity index is 139. The molecule has 0 bridgehead atoms. The number of piperidine rings is 1. The maximum absolute atomic E-state index is 3.55. The first-order valence-electron chi connectivity index (χ1n) is 6.18. The van der Waals surface area contributed by atoms with Crippen molar-refractivity contribution in [3.63, 3.8) is 0 Å². The Hall–Kier alpha value is -0.0800. The van der Waals surface area contributed by atoms with E-state index in [2.05, 4.69) is 31.0 Å². The highest BCUT2D eigenvalue weighted by Gasteiger charge is 2.14. The van der Waals surface area contributed by atoms with Crippen molar-refractivity contribution in [3.8, 4) is 0 Å². The van der Waals surface area contributed by atoms with Gasteiger partial charge in [-0.05, 0) is 45.2 Å². The van der Waals surface area contributed by atoms with Gasteiger partial charge in [0.2, 0.25) is 0 Å². The third-order valence-electron chi connectivity index (χ3n) is 3.41. The van der Waals surface area contributed by atoms with Crippen LogP contribution in [0.4, 0.5) is 0 Å². The van der Waals surface area contributed by atoms with Crippen LogP contribution in [-0.4, -0.2) is 37.1 Å². The van der Waals surface area contributed by atoms with Crippen LogP contribution in [0.1, 0.15) is 40.0 Å². The van der Waals surface area contributed by atoms with Crippen molar-refractivity contribution in [2.75, 3.05) is 26.2 Å². The van der Waals surface area contributed by atoms with E-state index in [1.165, 1.54) is 38.9 Å². The molecule has 0 radical (unpaired) electrons.